The van der Waals surface area contributed by atoms with Gasteiger partial charge in [0.05, 0.1) is 10.5 Å². The molecule has 9 nitrogen and oxygen atoms in total. The molecule has 1 aromatic carbocycles. The fourth-order valence-corrected chi connectivity index (χ4v) is 2.66. The summed E-state index contributed by atoms with van der Waals surface area (Å²) in [5.74, 6) is 0.495. The van der Waals surface area contributed by atoms with Crippen LogP contribution in [0.3, 0.4) is 0 Å². The number of aromatic nitrogens is 3. The summed E-state index contributed by atoms with van der Waals surface area (Å²) in [7, 11) is -3.74. The predicted octanol–water partition coefficient (Wildman–Crippen LogP) is 1.15. The van der Waals surface area contributed by atoms with Gasteiger partial charge in [-0.15, -0.1) is 0 Å². The molecule has 0 amide bonds. The van der Waals surface area contributed by atoms with Crippen LogP contribution in [0, 0.1) is 0 Å². The second-order valence-electron chi connectivity index (χ2n) is 5.36. The van der Waals surface area contributed by atoms with Gasteiger partial charge in [-0.1, -0.05) is 0 Å². The Labute approximate surface area is 155 Å². The largest absolute Gasteiger partial charge is 0.490 e. The van der Waals surface area contributed by atoms with Gasteiger partial charge in [0.1, 0.15) is 19.0 Å². The van der Waals surface area contributed by atoms with E-state index in [0.29, 0.717) is 17.1 Å². The van der Waals surface area contributed by atoms with E-state index in [1.54, 1.807) is 35.3 Å². The number of rotatable bonds is 7. The van der Waals surface area contributed by atoms with Gasteiger partial charge < -0.3 is 9.47 Å². The lowest BCUT2D eigenvalue weighted by Crippen LogP contribution is -2.13. The fourth-order valence-electron chi connectivity index (χ4n) is 2.15. The zero-order chi connectivity index (χ0) is 19.3. The minimum atomic E-state index is -3.74. The summed E-state index contributed by atoms with van der Waals surface area (Å²) in [5.41, 5.74) is 0.309. The lowest BCUT2D eigenvalue weighted by atomic mass is 10.3. The van der Waals surface area contributed by atoms with E-state index in [1.165, 1.54) is 30.5 Å². The Bertz CT molecular complexity index is 1000. The zero-order valence-corrected chi connectivity index (χ0v) is 14.9. The molecule has 2 N–H and O–H groups in total. The van der Waals surface area contributed by atoms with E-state index in [0.717, 1.165) is 0 Å². The molecule has 0 bridgehead atoms. The third kappa shape index (κ3) is 4.90. The molecule has 2 heterocycles. The van der Waals surface area contributed by atoms with Gasteiger partial charge >= 0.3 is 5.97 Å². The Hall–Kier alpha value is -3.24. The van der Waals surface area contributed by atoms with Crippen molar-refractivity contribution in [3.8, 4) is 11.6 Å². The van der Waals surface area contributed by atoms with E-state index in [9.17, 15) is 13.2 Å². The molecule has 2 aromatic heterocycles. The number of nitrogens with zero attached hydrogens (tertiary/aromatic N) is 3. The van der Waals surface area contributed by atoms with E-state index in [-0.39, 0.29) is 18.1 Å². The SMILES string of the molecule is NS(=O)(=O)c1ccc(OCCOC(=O)c2ccc(-n3cccn3)nc2)cc1. The van der Waals surface area contributed by atoms with Crippen molar-refractivity contribution < 1.29 is 22.7 Å². The number of benzene rings is 1. The number of hydrogen-bond acceptors (Lipinski definition) is 7. The summed E-state index contributed by atoms with van der Waals surface area (Å²) in [4.78, 5) is 16.1. The van der Waals surface area contributed by atoms with Gasteiger partial charge in [0.2, 0.25) is 10.0 Å². The maximum absolute atomic E-state index is 12.0. The van der Waals surface area contributed by atoms with Crippen molar-refractivity contribution in [1.82, 2.24) is 14.8 Å². The molecular formula is C17H16N4O5S. The van der Waals surface area contributed by atoms with Gasteiger partial charge in [-0.05, 0) is 42.5 Å². The first kappa shape index (κ1) is 18.5. The second-order valence-corrected chi connectivity index (χ2v) is 6.92. The normalized spacial score (nSPS) is 11.1. The van der Waals surface area contributed by atoms with Gasteiger partial charge in [-0.25, -0.2) is 28.0 Å². The van der Waals surface area contributed by atoms with E-state index in [2.05, 4.69) is 10.1 Å². The number of carbonyl (C=O) groups excluding carboxylic acids is 1. The van der Waals surface area contributed by atoms with Crippen molar-refractivity contribution in [2.45, 2.75) is 4.90 Å². The number of pyridine rings is 1. The number of sulfonamides is 1. The van der Waals surface area contributed by atoms with E-state index in [4.69, 9.17) is 14.6 Å². The Morgan fingerprint density at radius 1 is 1.11 bits per heavy atom. The highest BCUT2D eigenvalue weighted by molar-refractivity contribution is 7.89. The zero-order valence-electron chi connectivity index (χ0n) is 14.1. The molecule has 0 radical (unpaired) electrons. The minimum Gasteiger partial charge on any atom is -0.490 e. The van der Waals surface area contributed by atoms with Crippen LogP contribution in [0.2, 0.25) is 0 Å². The molecule has 0 aliphatic carbocycles. The lowest BCUT2D eigenvalue weighted by Gasteiger charge is -2.08. The number of ether oxygens (including phenoxy) is 2. The number of hydrogen-bond donors (Lipinski definition) is 1. The van der Waals surface area contributed by atoms with Crippen LogP contribution in [0.4, 0.5) is 0 Å². The topological polar surface area (TPSA) is 126 Å². The fraction of sp³-hybridized carbons (Fsp3) is 0.118. The molecule has 0 aliphatic rings. The Morgan fingerprint density at radius 3 is 2.48 bits per heavy atom. The summed E-state index contributed by atoms with van der Waals surface area (Å²) in [6.07, 6.45) is 4.78. The smallest absolute Gasteiger partial charge is 0.339 e. The molecule has 3 rings (SSSR count). The minimum absolute atomic E-state index is 0.00710. The van der Waals surface area contributed by atoms with Crippen LogP contribution in [-0.2, 0) is 14.8 Å². The highest BCUT2D eigenvalue weighted by atomic mass is 32.2. The number of primary sulfonamides is 1. The van der Waals surface area contributed by atoms with Crippen LogP contribution in [0.1, 0.15) is 10.4 Å². The van der Waals surface area contributed by atoms with Gasteiger partial charge in [0.25, 0.3) is 0 Å². The molecule has 0 spiro atoms. The molecule has 140 valence electrons. The average molecular weight is 388 g/mol. The molecule has 27 heavy (non-hydrogen) atoms. The molecular weight excluding hydrogens is 372 g/mol. The maximum Gasteiger partial charge on any atom is 0.339 e. The first-order chi connectivity index (χ1) is 12.9. The van der Waals surface area contributed by atoms with Gasteiger partial charge in [-0.2, -0.15) is 5.10 Å². The van der Waals surface area contributed by atoms with Gasteiger partial charge in [0, 0.05) is 18.6 Å². The van der Waals surface area contributed by atoms with Crippen molar-refractivity contribution in [3.05, 3.63) is 66.6 Å². The van der Waals surface area contributed by atoms with Crippen molar-refractivity contribution in [2.75, 3.05) is 13.2 Å². The molecule has 0 atom stereocenters. The molecule has 0 saturated carbocycles. The first-order valence-corrected chi connectivity index (χ1v) is 9.37. The first-order valence-electron chi connectivity index (χ1n) is 7.82. The van der Waals surface area contributed by atoms with Crippen molar-refractivity contribution in [3.63, 3.8) is 0 Å². The summed E-state index contributed by atoms with van der Waals surface area (Å²) in [6, 6.07) is 10.6. The third-order valence-electron chi connectivity index (χ3n) is 3.46. The van der Waals surface area contributed by atoms with Gasteiger partial charge in [0.15, 0.2) is 5.82 Å². The number of esters is 1. The molecule has 3 aromatic rings. The predicted molar refractivity (Wildman–Crippen MR) is 95.0 cm³/mol. The van der Waals surface area contributed by atoms with Crippen LogP contribution >= 0.6 is 0 Å². The molecule has 10 heteroatoms. The highest BCUT2D eigenvalue weighted by Gasteiger charge is 2.09. The van der Waals surface area contributed by atoms with Crippen molar-refractivity contribution in [2.24, 2.45) is 5.14 Å². The Balaban J connectivity index is 1.47. The summed E-state index contributed by atoms with van der Waals surface area (Å²) in [6.45, 7) is 0.135. The Morgan fingerprint density at radius 2 is 1.89 bits per heavy atom. The molecule has 0 saturated heterocycles. The molecule has 0 fully saturated rings. The average Bonchev–Trinajstić information content (AvgIpc) is 3.20. The van der Waals surface area contributed by atoms with Crippen LogP contribution in [0.15, 0.2) is 66.0 Å². The van der Waals surface area contributed by atoms with Crippen LogP contribution in [0.5, 0.6) is 5.75 Å². The number of carbonyl (C=O) groups is 1. The summed E-state index contributed by atoms with van der Waals surface area (Å²) in [5, 5.41) is 9.07. The quantitative estimate of drug-likeness (QED) is 0.475. The Kier molecular flexibility index (Phi) is 5.48. The van der Waals surface area contributed by atoms with Gasteiger partial charge in [-0.3, -0.25) is 0 Å². The number of nitrogens with two attached hydrogens (primary N) is 1. The third-order valence-corrected chi connectivity index (χ3v) is 4.39. The monoisotopic (exact) mass is 388 g/mol. The van der Waals surface area contributed by atoms with E-state index >= 15 is 0 Å². The van der Waals surface area contributed by atoms with Crippen molar-refractivity contribution >= 4 is 16.0 Å². The lowest BCUT2D eigenvalue weighted by molar-refractivity contribution is 0.0450. The second kappa shape index (κ2) is 7.98. The van der Waals surface area contributed by atoms with E-state index < -0.39 is 16.0 Å². The van der Waals surface area contributed by atoms with Crippen LogP contribution in [0.25, 0.3) is 5.82 Å². The van der Waals surface area contributed by atoms with Crippen molar-refractivity contribution in [1.29, 1.82) is 0 Å². The maximum atomic E-state index is 12.0. The molecule has 0 unspecified atom stereocenters. The highest BCUT2D eigenvalue weighted by Crippen LogP contribution is 2.14. The van der Waals surface area contributed by atoms with E-state index in [1.807, 2.05) is 0 Å². The standard InChI is InChI=1S/C17H16N4O5S/c18-27(23,24)15-5-3-14(4-6-15)25-10-11-26-17(22)13-2-7-16(19-12-13)21-9-1-8-20-21/h1-9,12H,10-11H2,(H2,18,23,24). The van der Waals surface area contributed by atoms with Crippen LogP contribution in [-0.4, -0.2) is 42.4 Å². The summed E-state index contributed by atoms with van der Waals surface area (Å²) >= 11 is 0. The van der Waals surface area contributed by atoms with Crippen LogP contribution < -0.4 is 9.88 Å². The molecule has 0 aliphatic heterocycles. The summed E-state index contributed by atoms with van der Waals surface area (Å²) < 4.78 is 34.4.